The van der Waals surface area contributed by atoms with E-state index in [4.69, 9.17) is 9.47 Å². The Hall–Kier alpha value is -2.12. The van der Waals surface area contributed by atoms with Crippen molar-refractivity contribution >= 4 is 23.8 Å². The van der Waals surface area contributed by atoms with Gasteiger partial charge in [0.25, 0.3) is 0 Å². The number of rotatable bonds is 13. The first-order valence-corrected chi connectivity index (χ1v) is 16.3. The highest BCUT2D eigenvalue weighted by Gasteiger charge is 2.49. The van der Waals surface area contributed by atoms with Crippen molar-refractivity contribution in [1.82, 2.24) is 9.80 Å². The Labute approximate surface area is 255 Å². The average Bonchev–Trinajstić information content (AvgIpc) is 2.75. The molecule has 2 rings (SSSR count). The third-order valence-corrected chi connectivity index (χ3v) is 9.07. The molecule has 0 aromatic carbocycles. The monoisotopic (exact) mass is 592 g/mol. The second kappa shape index (κ2) is 14.6. The van der Waals surface area contributed by atoms with Gasteiger partial charge in [-0.15, -0.1) is 0 Å². The van der Waals surface area contributed by atoms with Gasteiger partial charge < -0.3 is 19.3 Å². The maximum atomic E-state index is 12.5. The van der Waals surface area contributed by atoms with E-state index in [1.807, 2.05) is 65.2 Å². The highest BCUT2D eigenvalue weighted by atomic mass is 16.5. The Morgan fingerprint density at radius 2 is 0.738 bits per heavy atom. The zero-order chi connectivity index (χ0) is 31.9. The summed E-state index contributed by atoms with van der Waals surface area (Å²) >= 11 is 0. The van der Waals surface area contributed by atoms with Crippen molar-refractivity contribution in [1.29, 1.82) is 0 Å². The summed E-state index contributed by atoms with van der Waals surface area (Å²) in [5.74, 6) is -0.147. The van der Waals surface area contributed by atoms with Crippen LogP contribution < -0.4 is 0 Å². The minimum Gasteiger partial charge on any atom is -0.462 e. The van der Waals surface area contributed by atoms with Crippen molar-refractivity contribution in [3.63, 3.8) is 0 Å². The number of ether oxygens (including phenoxy) is 2. The van der Waals surface area contributed by atoms with Crippen molar-refractivity contribution in [2.24, 2.45) is 0 Å². The first-order chi connectivity index (χ1) is 19.3. The van der Waals surface area contributed by atoms with Gasteiger partial charge in [0.1, 0.15) is 12.2 Å². The smallest absolute Gasteiger partial charge is 0.306 e. The van der Waals surface area contributed by atoms with Crippen molar-refractivity contribution in [3.05, 3.63) is 0 Å². The summed E-state index contributed by atoms with van der Waals surface area (Å²) in [6.07, 6.45) is 11.4. The molecular formula is C34H60N2O6. The highest BCUT2D eigenvalue weighted by molar-refractivity contribution is 5.76. The number of hydrogen-bond donors (Lipinski definition) is 0. The number of unbranched alkanes of at least 4 members (excludes halogenated alkanes) is 7. The van der Waals surface area contributed by atoms with Gasteiger partial charge in [-0.2, -0.15) is 0 Å². The third-order valence-electron chi connectivity index (χ3n) is 9.07. The summed E-state index contributed by atoms with van der Waals surface area (Å²) in [5.41, 5.74) is -1.38. The molecule has 0 aromatic heterocycles. The van der Waals surface area contributed by atoms with Gasteiger partial charge in [-0.05, 0) is 68.2 Å². The van der Waals surface area contributed by atoms with Crippen molar-refractivity contribution < 1.29 is 28.7 Å². The van der Waals surface area contributed by atoms with E-state index < -0.39 is 0 Å². The molecule has 242 valence electrons. The molecular weight excluding hydrogens is 532 g/mol. The molecule has 0 radical (unpaired) electrons. The maximum Gasteiger partial charge on any atom is 0.306 e. The second-order valence-corrected chi connectivity index (χ2v) is 15.3. The molecule has 2 heterocycles. The molecule has 0 unspecified atom stereocenters. The van der Waals surface area contributed by atoms with E-state index in [0.717, 1.165) is 51.4 Å². The van der Waals surface area contributed by atoms with Crippen LogP contribution in [0.1, 0.15) is 159 Å². The van der Waals surface area contributed by atoms with E-state index in [0.29, 0.717) is 38.5 Å². The Kier molecular flexibility index (Phi) is 12.5. The van der Waals surface area contributed by atoms with E-state index in [9.17, 15) is 19.2 Å². The normalized spacial score (nSPS) is 21.6. The average molecular weight is 593 g/mol. The van der Waals surface area contributed by atoms with Gasteiger partial charge in [0, 0.05) is 74.5 Å². The van der Waals surface area contributed by atoms with Gasteiger partial charge in [-0.1, -0.05) is 38.5 Å². The summed E-state index contributed by atoms with van der Waals surface area (Å²) in [5, 5.41) is 0. The van der Waals surface area contributed by atoms with Gasteiger partial charge in [0.2, 0.25) is 11.8 Å². The summed E-state index contributed by atoms with van der Waals surface area (Å²) in [7, 11) is 0. The third kappa shape index (κ3) is 10.3. The summed E-state index contributed by atoms with van der Waals surface area (Å²) < 4.78 is 11.7. The predicted molar refractivity (Wildman–Crippen MR) is 166 cm³/mol. The first kappa shape index (κ1) is 36.1. The molecule has 8 nitrogen and oxygen atoms in total. The van der Waals surface area contributed by atoms with Gasteiger partial charge >= 0.3 is 11.9 Å². The molecule has 0 aromatic rings. The maximum absolute atomic E-state index is 12.5. The predicted octanol–water partition coefficient (Wildman–Crippen LogP) is 7.11. The number of esters is 2. The number of nitrogens with zero attached hydrogens (tertiary/aromatic N) is 2. The number of carbonyl (C=O) groups excluding carboxylic acids is 4. The Balaban J connectivity index is 1.54. The van der Waals surface area contributed by atoms with Crippen LogP contribution in [-0.2, 0) is 28.7 Å². The minimum atomic E-state index is -0.345. The van der Waals surface area contributed by atoms with Crippen LogP contribution in [0.15, 0.2) is 0 Å². The molecule has 2 amide bonds. The number of hydrogen-bond acceptors (Lipinski definition) is 6. The molecule has 0 N–H and O–H groups in total. The topological polar surface area (TPSA) is 93.2 Å². The number of amides is 2. The molecule has 2 saturated heterocycles. The Bertz CT molecular complexity index is 842. The molecule has 0 spiro atoms. The van der Waals surface area contributed by atoms with Gasteiger partial charge in [0.05, 0.1) is 0 Å². The van der Waals surface area contributed by atoms with E-state index in [-0.39, 0.29) is 58.1 Å². The molecule has 0 saturated carbocycles. The van der Waals surface area contributed by atoms with Crippen molar-refractivity contribution in [2.75, 3.05) is 0 Å². The van der Waals surface area contributed by atoms with Crippen molar-refractivity contribution in [3.8, 4) is 0 Å². The second-order valence-electron chi connectivity index (χ2n) is 15.3. The van der Waals surface area contributed by atoms with Gasteiger partial charge in [-0.3, -0.25) is 19.2 Å². The zero-order valence-electron chi connectivity index (χ0n) is 28.4. The molecule has 42 heavy (non-hydrogen) atoms. The quantitative estimate of drug-likeness (QED) is 0.167. The van der Waals surface area contributed by atoms with E-state index in [2.05, 4.69) is 0 Å². The molecule has 2 aliphatic heterocycles. The largest absolute Gasteiger partial charge is 0.462 e. The molecule has 0 atom stereocenters. The van der Waals surface area contributed by atoms with E-state index in [1.165, 1.54) is 0 Å². The summed E-state index contributed by atoms with van der Waals surface area (Å²) in [4.78, 5) is 53.2. The standard InChI is InChI=1S/C34H60N2O6/c1-25(37)35-31(3,4)21-27(22-32(35,5)6)41-29(39)19-17-15-13-11-12-14-16-18-20-30(40)42-28-23-33(7,8)36(26(2)38)34(9,10)24-28/h27-28H,11-24H2,1-10H3. The fraction of sp³-hybridized carbons (Fsp3) is 0.882. The number of likely N-dealkylation sites (tertiary alicyclic amines) is 2. The molecule has 0 aliphatic carbocycles. The zero-order valence-corrected chi connectivity index (χ0v) is 28.4. The number of carbonyl (C=O) groups is 4. The van der Waals surface area contributed by atoms with Crippen LogP contribution in [0.2, 0.25) is 0 Å². The summed E-state index contributed by atoms with van der Waals surface area (Å²) in [6, 6.07) is 0. The number of piperidine rings is 2. The van der Waals surface area contributed by atoms with Crippen LogP contribution in [0.5, 0.6) is 0 Å². The lowest BCUT2D eigenvalue weighted by Crippen LogP contribution is -2.63. The van der Waals surface area contributed by atoms with Crippen LogP contribution in [0.4, 0.5) is 0 Å². The first-order valence-electron chi connectivity index (χ1n) is 16.3. The molecule has 2 fully saturated rings. The van der Waals surface area contributed by atoms with Gasteiger partial charge in [-0.25, -0.2) is 0 Å². The Morgan fingerprint density at radius 3 is 0.976 bits per heavy atom. The Morgan fingerprint density at radius 1 is 0.500 bits per heavy atom. The molecule has 2 aliphatic rings. The van der Waals surface area contributed by atoms with E-state index >= 15 is 0 Å². The fourth-order valence-electron chi connectivity index (χ4n) is 8.34. The van der Waals surface area contributed by atoms with Crippen LogP contribution in [0, 0.1) is 0 Å². The van der Waals surface area contributed by atoms with Crippen LogP contribution in [0.25, 0.3) is 0 Å². The van der Waals surface area contributed by atoms with E-state index in [1.54, 1.807) is 13.8 Å². The molecule has 8 heteroatoms. The highest BCUT2D eigenvalue weighted by Crippen LogP contribution is 2.41. The van der Waals surface area contributed by atoms with Gasteiger partial charge in [0.15, 0.2) is 0 Å². The fourth-order valence-corrected chi connectivity index (χ4v) is 8.34. The lowest BCUT2D eigenvalue weighted by molar-refractivity contribution is -0.168. The molecule has 0 bridgehead atoms. The minimum absolute atomic E-state index is 0.0597. The van der Waals surface area contributed by atoms with Crippen LogP contribution >= 0.6 is 0 Å². The van der Waals surface area contributed by atoms with Crippen LogP contribution in [-0.4, -0.2) is 67.9 Å². The summed E-state index contributed by atoms with van der Waals surface area (Å²) in [6.45, 7) is 19.6. The van der Waals surface area contributed by atoms with Crippen molar-refractivity contribution in [2.45, 2.75) is 193 Å². The lowest BCUT2D eigenvalue weighted by Gasteiger charge is -2.54. The SMILES string of the molecule is CC(=O)N1C(C)(C)CC(OC(=O)CCCCCCCCCCC(=O)OC2CC(C)(C)N(C(C)=O)C(C)(C)C2)CC1(C)C. The lowest BCUT2D eigenvalue weighted by atomic mass is 9.78. The van der Waals surface area contributed by atoms with Crippen LogP contribution in [0.3, 0.4) is 0 Å².